The maximum Gasteiger partial charge on any atom is 0.0950 e. The van der Waals surface area contributed by atoms with Crippen LogP contribution in [0.1, 0.15) is 25.2 Å². The van der Waals surface area contributed by atoms with Gasteiger partial charge in [-0.2, -0.15) is 10.4 Å². The molecule has 1 unspecified atom stereocenters. The van der Waals surface area contributed by atoms with Crippen LogP contribution in [0.5, 0.6) is 0 Å². The number of rotatable bonds is 4. The molecular formula is C14H22ClN5. The fraction of sp³-hybridized carbons (Fsp3) is 0.714. The van der Waals surface area contributed by atoms with Crippen molar-refractivity contribution in [3.8, 4) is 6.07 Å². The molecule has 6 heteroatoms. The van der Waals surface area contributed by atoms with E-state index in [9.17, 15) is 0 Å². The van der Waals surface area contributed by atoms with E-state index in [0.717, 1.165) is 55.7 Å². The van der Waals surface area contributed by atoms with Crippen LogP contribution in [-0.4, -0.2) is 51.8 Å². The second-order valence-electron chi connectivity index (χ2n) is 5.28. The summed E-state index contributed by atoms with van der Waals surface area (Å²) in [6.07, 6.45) is 0. The standard InChI is InChI=1S/C14H22ClN5/c1-4-20-13(14(15)12(3)17-20)10-18-5-7-19(8-6-18)11(2)9-16/h11H,4-8,10H2,1-3H3. The number of halogens is 1. The first-order valence-electron chi connectivity index (χ1n) is 7.14. The van der Waals surface area contributed by atoms with E-state index in [1.54, 1.807) is 0 Å². The van der Waals surface area contributed by atoms with E-state index < -0.39 is 0 Å². The van der Waals surface area contributed by atoms with Crippen LogP contribution in [0.3, 0.4) is 0 Å². The summed E-state index contributed by atoms with van der Waals surface area (Å²) in [5.41, 5.74) is 2.01. The Hall–Kier alpha value is -1.09. The molecule has 0 spiro atoms. The zero-order valence-electron chi connectivity index (χ0n) is 12.4. The Labute approximate surface area is 125 Å². The molecule has 1 aromatic heterocycles. The van der Waals surface area contributed by atoms with E-state index in [2.05, 4.69) is 27.9 Å². The average Bonchev–Trinajstić information content (AvgIpc) is 2.75. The van der Waals surface area contributed by atoms with Crippen molar-refractivity contribution in [2.45, 2.75) is 39.9 Å². The van der Waals surface area contributed by atoms with E-state index >= 15 is 0 Å². The number of hydrogen-bond acceptors (Lipinski definition) is 4. The molecular weight excluding hydrogens is 274 g/mol. The molecule has 20 heavy (non-hydrogen) atoms. The minimum absolute atomic E-state index is 0.00384. The highest BCUT2D eigenvalue weighted by Gasteiger charge is 2.23. The number of nitriles is 1. The third-order valence-corrected chi connectivity index (χ3v) is 4.46. The monoisotopic (exact) mass is 295 g/mol. The van der Waals surface area contributed by atoms with Crippen LogP contribution in [0.4, 0.5) is 0 Å². The van der Waals surface area contributed by atoms with Crippen molar-refractivity contribution in [3.05, 3.63) is 16.4 Å². The van der Waals surface area contributed by atoms with Crippen molar-refractivity contribution in [1.29, 1.82) is 5.26 Å². The summed E-state index contributed by atoms with van der Waals surface area (Å²) in [5.74, 6) is 0. The maximum atomic E-state index is 8.96. The molecule has 5 nitrogen and oxygen atoms in total. The predicted molar refractivity (Wildman–Crippen MR) is 79.6 cm³/mol. The normalized spacial score (nSPS) is 18.9. The Bertz CT molecular complexity index is 496. The van der Waals surface area contributed by atoms with E-state index in [1.165, 1.54) is 0 Å². The Morgan fingerprint density at radius 1 is 1.35 bits per heavy atom. The van der Waals surface area contributed by atoms with Crippen LogP contribution < -0.4 is 0 Å². The first-order chi connectivity index (χ1) is 9.56. The largest absolute Gasteiger partial charge is 0.295 e. The van der Waals surface area contributed by atoms with Crippen molar-refractivity contribution in [3.63, 3.8) is 0 Å². The lowest BCUT2D eigenvalue weighted by Gasteiger charge is -2.35. The molecule has 0 radical (unpaired) electrons. The highest BCUT2D eigenvalue weighted by Crippen LogP contribution is 2.22. The van der Waals surface area contributed by atoms with E-state index in [0.29, 0.717) is 0 Å². The van der Waals surface area contributed by atoms with Gasteiger partial charge in [-0.3, -0.25) is 14.5 Å². The number of hydrogen-bond donors (Lipinski definition) is 0. The van der Waals surface area contributed by atoms with Crippen molar-refractivity contribution in [2.75, 3.05) is 26.2 Å². The van der Waals surface area contributed by atoms with E-state index in [1.807, 2.05) is 18.5 Å². The molecule has 110 valence electrons. The van der Waals surface area contributed by atoms with Gasteiger partial charge in [0.2, 0.25) is 0 Å². The van der Waals surface area contributed by atoms with Gasteiger partial charge in [-0.1, -0.05) is 11.6 Å². The highest BCUT2D eigenvalue weighted by atomic mass is 35.5. The molecule has 1 aliphatic rings. The summed E-state index contributed by atoms with van der Waals surface area (Å²) in [7, 11) is 0. The minimum Gasteiger partial charge on any atom is -0.295 e. The predicted octanol–water partition coefficient (Wildman–Crippen LogP) is 1.89. The number of aromatic nitrogens is 2. The lowest BCUT2D eigenvalue weighted by molar-refractivity contribution is 0.112. The molecule has 0 aliphatic carbocycles. The van der Waals surface area contributed by atoms with Gasteiger partial charge in [-0.15, -0.1) is 0 Å². The minimum atomic E-state index is 0.00384. The van der Waals surface area contributed by atoms with Gasteiger partial charge in [0, 0.05) is 39.3 Å². The number of piperazine rings is 1. The zero-order valence-corrected chi connectivity index (χ0v) is 13.2. The first-order valence-corrected chi connectivity index (χ1v) is 7.52. The topological polar surface area (TPSA) is 48.1 Å². The van der Waals surface area contributed by atoms with Gasteiger partial charge in [-0.25, -0.2) is 0 Å². The van der Waals surface area contributed by atoms with Crippen molar-refractivity contribution in [1.82, 2.24) is 19.6 Å². The van der Waals surface area contributed by atoms with Gasteiger partial charge in [0.05, 0.1) is 28.5 Å². The Balaban J connectivity index is 1.98. The summed E-state index contributed by atoms with van der Waals surface area (Å²) >= 11 is 6.35. The molecule has 1 atom stereocenters. The SMILES string of the molecule is CCn1nc(C)c(Cl)c1CN1CCN(C(C)C#N)CC1. The van der Waals surface area contributed by atoms with Gasteiger partial charge >= 0.3 is 0 Å². The molecule has 0 bridgehead atoms. The molecule has 0 aromatic carbocycles. The first kappa shape index (κ1) is 15.3. The molecule has 1 aromatic rings. The lowest BCUT2D eigenvalue weighted by Crippen LogP contribution is -2.48. The Kier molecular flexibility index (Phi) is 5.03. The number of aryl methyl sites for hydroxylation is 2. The molecule has 1 fully saturated rings. The van der Waals surface area contributed by atoms with Crippen LogP contribution in [-0.2, 0) is 13.1 Å². The van der Waals surface area contributed by atoms with Crippen LogP contribution in [0.25, 0.3) is 0 Å². The van der Waals surface area contributed by atoms with Gasteiger partial charge in [-0.05, 0) is 20.8 Å². The van der Waals surface area contributed by atoms with Crippen molar-refractivity contribution >= 4 is 11.6 Å². The molecule has 2 heterocycles. The summed E-state index contributed by atoms with van der Waals surface area (Å²) in [6.45, 7) is 11.5. The van der Waals surface area contributed by atoms with Crippen LogP contribution in [0, 0.1) is 18.3 Å². The highest BCUT2D eigenvalue weighted by molar-refractivity contribution is 6.31. The lowest BCUT2D eigenvalue weighted by atomic mass is 10.2. The quantitative estimate of drug-likeness (QED) is 0.851. The van der Waals surface area contributed by atoms with E-state index in [4.69, 9.17) is 16.9 Å². The second kappa shape index (κ2) is 6.57. The van der Waals surface area contributed by atoms with Gasteiger partial charge in [0.25, 0.3) is 0 Å². The van der Waals surface area contributed by atoms with Gasteiger partial charge in [0.15, 0.2) is 0 Å². The summed E-state index contributed by atoms with van der Waals surface area (Å²) in [6, 6.07) is 2.31. The maximum absolute atomic E-state index is 8.96. The molecule has 1 aliphatic heterocycles. The summed E-state index contributed by atoms with van der Waals surface area (Å²) < 4.78 is 1.99. The molecule has 2 rings (SSSR count). The fourth-order valence-corrected chi connectivity index (χ4v) is 2.82. The van der Waals surface area contributed by atoms with Gasteiger partial charge in [0.1, 0.15) is 0 Å². The smallest absolute Gasteiger partial charge is 0.0950 e. The Morgan fingerprint density at radius 3 is 2.55 bits per heavy atom. The third kappa shape index (κ3) is 3.14. The average molecular weight is 296 g/mol. The van der Waals surface area contributed by atoms with Crippen LogP contribution >= 0.6 is 11.6 Å². The van der Waals surface area contributed by atoms with Crippen molar-refractivity contribution < 1.29 is 0 Å². The fourth-order valence-electron chi connectivity index (χ4n) is 2.62. The summed E-state index contributed by atoms with van der Waals surface area (Å²) in [4.78, 5) is 4.61. The zero-order chi connectivity index (χ0) is 14.7. The summed E-state index contributed by atoms with van der Waals surface area (Å²) in [5, 5.41) is 14.2. The van der Waals surface area contributed by atoms with Crippen molar-refractivity contribution in [2.24, 2.45) is 0 Å². The second-order valence-corrected chi connectivity index (χ2v) is 5.66. The molecule has 0 amide bonds. The Morgan fingerprint density at radius 2 is 2.00 bits per heavy atom. The van der Waals surface area contributed by atoms with Crippen LogP contribution in [0.15, 0.2) is 0 Å². The third-order valence-electron chi connectivity index (χ3n) is 3.97. The number of nitrogens with zero attached hydrogens (tertiary/aromatic N) is 5. The van der Waals surface area contributed by atoms with Crippen LogP contribution in [0.2, 0.25) is 5.02 Å². The molecule has 0 N–H and O–H groups in total. The molecule has 0 saturated carbocycles. The van der Waals surface area contributed by atoms with E-state index in [-0.39, 0.29) is 6.04 Å². The molecule has 1 saturated heterocycles. The van der Waals surface area contributed by atoms with Gasteiger partial charge < -0.3 is 0 Å².